The molecule has 1 aromatic heterocycles. The van der Waals surface area contributed by atoms with Crippen LogP contribution in [0.3, 0.4) is 0 Å². The van der Waals surface area contributed by atoms with E-state index in [1.807, 2.05) is 65.6 Å². The fourth-order valence-electron chi connectivity index (χ4n) is 3.05. The molecule has 0 radical (unpaired) electrons. The Morgan fingerprint density at radius 3 is 2.67 bits per heavy atom. The van der Waals surface area contributed by atoms with Crippen LogP contribution in [0.15, 0.2) is 66.7 Å². The summed E-state index contributed by atoms with van der Waals surface area (Å²) in [4.78, 5) is 19.2. The molecule has 4 heteroatoms. The second kappa shape index (κ2) is 6.42. The van der Waals surface area contributed by atoms with E-state index < -0.39 is 0 Å². The molecule has 120 valence electrons. The normalized spacial score (nSPS) is 17.8. The molecule has 0 unspecified atom stereocenters. The number of carbonyl (C=O) groups excluding carboxylic acids is 1. The molecule has 3 aromatic rings. The van der Waals surface area contributed by atoms with Crippen LogP contribution in [0.5, 0.6) is 0 Å². The molecular formula is C20H18N2O2. The summed E-state index contributed by atoms with van der Waals surface area (Å²) in [7, 11) is 0. The van der Waals surface area contributed by atoms with Gasteiger partial charge in [-0.05, 0) is 17.7 Å². The lowest BCUT2D eigenvalue weighted by molar-refractivity contribution is -0.0230. The number of fused-ring (bicyclic) bond motifs is 1. The maximum atomic E-state index is 12.8. The first kappa shape index (κ1) is 14.8. The van der Waals surface area contributed by atoms with E-state index in [1.165, 1.54) is 0 Å². The van der Waals surface area contributed by atoms with E-state index in [0.29, 0.717) is 25.4 Å². The molecule has 1 fully saturated rings. The topological polar surface area (TPSA) is 42.4 Å². The lowest BCUT2D eigenvalue weighted by Crippen LogP contribution is -2.42. The predicted octanol–water partition coefficient (Wildman–Crippen LogP) is 3.45. The first-order valence-corrected chi connectivity index (χ1v) is 8.13. The van der Waals surface area contributed by atoms with Crippen molar-refractivity contribution in [3.63, 3.8) is 0 Å². The van der Waals surface area contributed by atoms with Crippen LogP contribution in [-0.2, 0) is 4.74 Å². The number of amides is 1. The van der Waals surface area contributed by atoms with Crippen LogP contribution < -0.4 is 0 Å². The van der Waals surface area contributed by atoms with Gasteiger partial charge in [-0.15, -0.1) is 0 Å². The molecule has 24 heavy (non-hydrogen) atoms. The number of ether oxygens (including phenoxy) is 1. The summed E-state index contributed by atoms with van der Waals surface area (Å²) in [5.41, 5.74) is 2.43. The lowest BCUT2D eigenvalue weighted by Gasteiger charge is -2.33. The van der Waals surface area contributed by atoms with Crippen molar-refractivity contribution in [2.24, 2.45) is 0 Å². The molecule has 1 atom stereocenters. The number of hydrogen-bond acceptors (Lipinski definition) is 3. The maximum Gasteiger partial charge on any atom is 0.272 e. The molecule has 1 aliphatic rings. The summed E-state index contributed by atoms with van der Waals surface area (Å²) in [6, 6.07) is 21.6. The van der Waals surface area contributed by atoms with Crippen LogP contribution in [0.2, 0.25) is 0 Å². The van der Waals surface area contributed by atoms with Crippen molar-refractivity contribution < 1.29 is 9.53 Å². The monoisotopic (exact) mass is 318 g/mol. The molecule has 2 aromatic carbocycles. The van der Waals surface area contributed by atoms with Gasteiger partial charge in [0.1, 0.15) is 11.8 Å². The number of benzene rings is 2. The second-order valence-corrected chi connectivity index (χ2v) is 5.91. The van der Waals surface area contributed by atoms with Gasteiger partial charge in [0, 0.05) is 11.9 Å². The van der Waals surface area contributed by atoms with Gasteiger partial charge < -0.3 is 9.64 Å². The quantitative estimate of drug-likeness (QED) is 0.727. The number of para-hydroxylation sites is 1. The Hall–Kier alpha value is -2.72. The van der Waals surface area contributed by atoms with Crippen LogP contribution in [0, 0.1) is 0 Å². The van der Waals surface area contributed by atoms with Crippen LogP contribution in [-0.4, -0.2) is 35.5 Å². The third-order valence-electron chi connectivity index (χ3n) is 4.34. The fourth-order valence-corrected chi connectivity index (χ4v) is 3.05. The molecule has 0 aliphatic carbocycles. The van der Waals surface area contributed by atoms with Crippen molar-refractivity contribution in [2.45, 2.75) is 6.10 Å². The minimum absolute atomic E-state index is 0.0371. The van der Waals surface area contributed by atoms with Gasteiger partial charge in [-0.1, -0.05) is 54.6 Å². The van der Waals surface area contributed by atoms with Gasteiger partial charge in [-0.25, -0.2) is 4.98 Å². The summed E-state index contributed by atoms with van der Waals surface area (Å²) in [5.74, 6) is -0.0371. The Labute approximate surface area is 140 Å². The van der Waals surface area contributed by atoms with E-state index in [1.54, 1.807) is 6.07 Å². The minimum atomic E-state index is -0.0793. The Morgan fingerprint density at radius 1 is 1.00 bits per heavy atom. The van der Waals surface area contributed by atoms with Crippen molar-refractivity contribution in [1.29, 1.82) is 0 Å². The van der Waals surface area contributed by atoms with E-state index in [-0.39, 0.29) is 12.0 Å². The molecular weight excluding hydrogens is 300 g/mol. The molecule has 1 aliphatic heterocycles. The molecule has 0 spiro atoms. The van der Waals surface area contributed by atoms with Crippen molar-refractivity contribution in [2.75, 3.05) is 19.7 Å². The van der Waals surface area contributed by atoms with Crippen LogP contribution in [0.1, 0.15) is 22.2 Å². The Balaban J connectivity index is 1.56. The summed E-state index contributed by atoms with van der Waals surface area (Å²) in [5, 5.41) is 1.04. The Kier molecular flexibility index (Phi) is 3.97. The SMILES string of the molecule is O=C(c1ccc2ccccc2n1)N1CCO[C@H](c2ccccc2)C1. The predicted molar refractivity (Wildman–Crippen MR) is 92.8 cm³/mol. The largest absolute Gasteiger partial charge is 0.370 e. The molecule has 4 nitrogen and oxygen atoms in total. The maximum absolute atomic E-state index is 12.8. The van der Waals surface area contributed by atoms with Gasteiger partial charge in [0.05, 0.1) is 18.7 Å². The molecule has 0 N–H and O–H groups in total. The molecule has 0 bridgehead atoms. The van der Waals surface area contributed by atoms with E-state index >= 15 is 0 Å². The van der Waals surface area contributed by atoms with Gasteiger partial charge in [-0.3, -0.25) is 4.79 Å². The summed E-state index contributed by atoms with van der Waals surface area (Å²) < 4.78 is 5.84. The van der Waals surface area contributed by atoms with Crippen LogP contribution in [0.25, 0.3) is 10.9 Å². The van der Waals surface area contributed by atoms with E-state index in [4.69, 9.17) is 4.74 Å². The van der Waals surface area contributed by atoms with E-state index in [0.717, 1.165) is 16.5 Å². The standard InChI is InChI=1S/C20H18N2O2/c23-20(18-11-10-15-6-4-5-9-17(15)21-18)22-12-13-24-19(14-22)16-7-2-1-3-8-16/h1-11,19H,12-14H2/t19-/m0/s1. The zero-order valence-electron chi connectivity index (χ0n) is 13.3. The average Bonchev–Trinajstić information content (AvgIpc) is 2.68. The third-order valence-corrected chi connectivity index (χ3v) is 4.34. The number of rotatable bonds is 2. The molecule has 4 rings (SSSR count). The molecule has 1 amide bonds. The average molecular weight is 318 g/mol. The van der Waals surface area contributed by atoms with Crippen LogP contribution in [0.4, 0.5) is 0 Å². The number of aromatic nitrogens is 1. The van der Waals surface area contributed by atoms with E-state index in [9.17, 15) is 4.79 Å². The number of hydrogen-bond donors (Lipinski definition) is 0. The van der Waals surface area contributed by atoms with Crippen LogP contribution >= 0.6 is 0 Å². The Morgan fingerprint density at radius 2 is 1.79 bits per heavy atom. The number of pyridine rings is 1. The summed E-state index contributed by atoms with van der Waals surface area (Å²) in [6.07, 6.45) is -0.0793. The smallest absolute Gasteiger partial charge is 0.272 e. The molecule has 0 saturated carbocycles. The number of nitrogens with zero attached hydrogens (tertiary/aromatic N) is 2. The first-order valence-electron chi connectivity index (χ1n) is 8.13. The zero-order chi connectivity index (χ0) is 16.4. The highest BCUT2D eigenvalue weighted by Gasteiger charge is 2.26. The second-order valence-electron chi connectivity index (χ2n) is 5.91. The highest BCUT2D eigenvalue weighted by atomic mass is 16.5. The highest BCUT2D eigenvalue weighted by molar-refractivity contribution is 5.95. The Bertz CT molecular complexity index is 864. The van der Waals surface area contributed by atoms with E-state index in [2.05, 4.69) is 4.98 Å². The van der Waals surface area contributed by atoms with Crippen molar-refractivity contribution in [3.8, 4) is 0 Å². The highest BCUT2D eigenvalue weighted by Crippen LogP contribution is 2.23. The van der Waals surface area contributed by atoms with Crippen molar-refractivity contribution in [1.82, 2.24) is 9.88 Å². The summed E-state index contributed by atoms with van der Waals surface area (Å²) >= 11 is 0. The first-order chi connectivity index (χ1) is 11.8. The minimum Gasteiger partial charge on any atom is -0.370 e. The van der Waals surface area contributed by atoms with Gasteiger partial charge in [0.15, 0.2) is 0 Å². The van der Waals surface area contributed by atoms with Crippen molar-refractivity contribution >= 4 is 16.8 Å². The zero-order valence-corrected chi connectivity index (χ0v) is 13.3. The lowest BCUT2D eigenvalue weighted by atomic mass is 10.1. The fraction of sp³-hybridized carbons (Fsp3) is 0.200. The van der Waals surface area contributed by atoms with Gasteiger partial charge in [0.25, 0.3) is 5.91 Å². The van der Waals surface area contributed by atoms with Gasteiger partial charge in [0.2, 0.25) is 0 Å². The summed E-state index contributed by atoms with van der Waals surface area (Å²) in [6.45, 7) is 1.69. The van der Waals surface area contributed by atoms with Gasteiger partial charge >= 0.3 is 0 Å². The number of morpholine rings is 1. The third kappa shape index (κ3) is 2.88. The van der Waals surface area contributed by atoms with Gasteiger partial charge in [-0.2, -0.15) is 0 Å². The molecule has 1 saturated heterocycles. The molecule has 2 heterocycles. The van der Waals surface area contributed by atoms with Crippen molar-refractivity contribution in [3.05, 3.63) is 78.0 Å². The number of carbonyl (C=O) groups is 1.